The molecule has 176 valence electrons. The highest BCUT2D eigenvalue weighted by Gasteiger charge is 2.18. The predicted octanol–water partition coefficient (Wildman–Crippen LogP) is 1.54. The second-order valence-electron chi connectivity index (χ2n) is 9.13. The van der Waals surface area contributed by atoms with E-state index in [-0.39, 0.29) is 18.0 Å². The molecule has 0 bridgehead atoms. The minimum absolute atomic E-state index is 0.0703. The fourth-order valence-electron chi connectivity index (χ4n) is 4.49. The molecule has 8 nitrogen and oxygen atoms in total. The summed E-state index contributed by atoms with van der Waals surface area (Å²) in [5.74, 6) is -0.188. The number of nitrogens with zero attached hydrogens (tertiary/aromatic N) is 5. The maximum atomic E-state index is 13.2. The first-order valence-corrected chi connectivity index (χ1v) is 11.6. The van der Waals surface area contributed by atoms with Crippen molar-refractivity contribution < 1.29 is 4.79 Å². The Morgan fingerprint density at radius 3 is 2.42 bits per heavy atom. The number of aromatic nitrogens is 3. The fraction of sp³-hybridized carbons (Fsp3) is 0.480. The first-order valence-electron chi connectivity index (χ1n) is 11.6. The summed E-state index contributed by atoms with van der Waals surface area (Å²) in [6.07, 6.45) is 1.71. The number of aryl methyl sites for hydroxylation is 3. The Labute approximate surface area is 194 Å². The van der Waals surface area contributed by atoms with Gasteiger partial charge in [0, 0.05) is 62.6 Å². The maximum absolute atomic E-state index is 13.2. The van der Waals surface area contributed by atoms with Gasteiger partial charge in [0.15, 0.2) is 0 Å². The van der Waals surface area contributed by atoms with E-state index in [0.29, 0.717) is 18.5 Å². The number of carbonyl (C=O) groups excluding carboxylic acids is 1. The van der Waals surface area contributed by atoms with Gasteiger partial charge in [-0.3, -0.25) is 14.5 Å². The Kier molecular flexibility index (Phi) is 6.95. The van der Waals surface area contributed by atoms with E-state index in [1.54, 1.807) is 6.20 Å². The molecule has 0 radical (unpaired) electrons. The quantitative estimate of drug-likeness (QED) is 0.591. The van der Waals surface area contributed by atoms with Gasteiger partial charge in [0.1, 0.15) is 6.54 Å². The lowest BCUT2D eigenvalue weighted by Gasteiger charge is -2.32. The zero-order chi connectivity index (χ0) is 23.5. The fourth-order valence-corrected chi connectivity index (χ4v) is 4.49. The first kappa shape index (κ1) is 23.2. The van der Waals surface area contributed by atoms with E-state index < -0.39 is 0 Å². The predicted molar refractivity (Wildman–Crippen MR) is 131 cm³/mol. The van der Waals surface area contributed by atoms with Crippen molar-refractivity contribution in [2.75, 3.05) is 46.3 Å². The third-order valence-electron chi connectivity index (χ3n) is 6.71. The van der Waals surface area contributed by atoms with E-state index in [1.165, 1.54) is 15.8 Å². The molecule has 0 unspecified atom stereocenters. The van der Waals surface area contributed by atoms with Crippen molar-refractivity contribution in [2.45, 2.75) is 33.9 Å². The summed E-state index contributed by atoms with van der Waals surface area (Å²) >= 11 is 0. The highest BCUT2D eigenvalue weighted by Crippen LogP contribution is 2.23. The number of benzene rings is 1. The van der Waals surface area contributed by atoms with Crippen molar-refractivity contribution in [1.29, 1.82) is 0 Å². The number of hydrogen-bond donors (Lipinski definition) is 1. The van der Waals surface area contributed by atoms with Crippen LogP contribution in [0.15, 0.2) is 35.3 Å². The number of amides is 1. The molecule has 1 fully saturated rings. The molecule has 1 aliphatic heterocycles. The Hall–Kier alpha value is -2.97. The van der Waals surface area contributed by atoms with Crippen LogP contribution in [0, 0.1) is 20.8 Å². The lowest BCUT2D eigenvalue weighted by Crippen LogP contribution is -2.47. The van der Waals surface area contributed by atoms with E-state index in [4.69, 9.17) is 0 Å². The number of piperazine rings is 1. The highest BCUT2D eigenvalue weighted by atomic mass is 16.2. The molecule has 33 heavy (non-hydrogen) atoms. The van der Waals surface area contributed by atoms with Crippen molar-refractivity contribution >= 4 is 16.7 Å². The molecule has 1 aromatic carbocycles. The minimum atomic E-state index is -0.218. The van der Waals surface area contributed by atoms with Crippen LogP contribution < -0.4 is 10.9 Å². The van der Waals surface area contributed by atoms with Crippen LogP contribution in [-0.4, -0.2) is 76.4 Å². The largest absolute Gasteiger partial charge is 0.353 e. The molecule has 3 heterocycles. The molecular weight excluding hydrogens is 416 g/mol. The van der Waals surface area contributed by atoms with Crippen LogP contribution in [0.5, 0.6) is 0 Å². The molecule has 1 amide bonds. The molecule has 1 N–H and O–H groups in total. The van der Waals surface area contributed by atoms with Gasteiger partial charge in [-0.1, -0.05) is 29.8 Å². The summed E-state index contributed by atoms with van der Waals surface area (Å²) in [7, 11) is 2.13. The van der Waals surface area contributed by atoms with Gasteiger partial charge < -0.3 is 14.8 Å². The molecule has 0 aliphatic carbocycles. The zero-order valence-electron chi connectivity index (χ0n) is 20.1. The molecular formula is C25H34N6O2. The van der Waals surface area contributed by atoms with Crippen molar-refractivity contribution in [3.05, 3.63) is 63.3 Å². The minimum Gasteiger partial charge on any atom is -0.353 e. The molecule has 8 heteroatoms. The summed E-state index contributed by atoms with van der Waals surface area (Å²) in [5.41, 5.74) is 4.10. The average molecular weight is 451 g/mol. The molecule has 2 aromatic heterocycles. The van der Waals surface area contributed by atoms with Crippen LogP contribution in [0.2, 0.25) is 0 Å². The molecule has 0 atom stereocenters. The molecule has 1 saturated heterocycles. The van der Waals surface area contributed by atoms with Crippen LogP contribution >= 0.6 is 0 Å². The van der Waals surface area contributed by atoms with E-state index in [2.05, 4.69) is 63.0 Å². The van der Waals surface area contributed by atoms with Gasteiger partial charge in [-0.2, -0.15) is 5.10 Å². The lowest BCUT2D eigenvalue weighted by molar-refractivity contribution is -0.122. The van der Waals surface area contributed by atoms with Gasteiger partial charge in [0.05, 0.1) is 11.6 Å². The molecule has 4 rings (SSSR count). The second-order valence-corrected chi connectivity index (χ2v) is 9.13. The Balaban J connectivity index is 1.45. The van der Waals surface area contributed by atoms with Gasteiger partial charge in [0.25, 0.3) is 5.56 Å². The number of rotatable bonds is 7. The van der Waals surface area contributed by atoms with Crippen molar-refractivity contribution in [2.24, 2.45) is 0 Å². The topological polar surface area (TPSA) is 75.4 Å². The van der Waals surface area contributed by atoms with Gasteiger partial charge in [-0.05, 0) is 33.4 Å². The molecule has 0 spiro atoms. The molecule has 0 saturated carbocycles. The number of likely N-dealkylation sites (N-methyl/N-ethyl adjacent to an activating group) is 1. The first-order chi connectivity index (χ1) is 15.8. The van der Waals surface area contributed by atoms with Crippen molar-refractivity contribution in [3.63, 3.8) is 0 Å². The van der Waals surface area contributed by atoms with Crippen LogP contribution in [0.1, 0.15) is 22.5 Å². The molecule has 3 aromatic rings. The number of hydrogen-bond acceptors (Lipinski definition) is 5. The van der Waals surface area contributed by atoms with Gasteiger partial charge in [-0.25, -0.2) is 4.68 Å². The maximum Gasteiger partial charge on any atom is 0.276 e. The lowest BCUT2D eigenvalue weighted by atomic mass is 10.1. The average Bonchev–Trinajstić information content (AvgIpc) is 3.03. The summed E-state index contributed by atoms with van der Waals surface area (Å²) < 4.78 is 3.43. The Morgan fingerprint density at radius 2 is 1.73 bits per heavy atom. The van der Waals surface area contributed by atoms with Gasteiger partial charge in [0.2, 0.25) is 5.91 Å². The number of carbonyl (C=O) groups is 1. The molecule has 1 aliphatic rings. The van der Waals surface area contributed by atoms with Crippen LogP contribution in [-0.2, 0) is 17.9 Å². The summed E-state index contributed by atoms with van der Waals surface area (Å²) in [6.45, 7) is 12.2. The van der Waals surface area contributed by atoms with Crippen molar-refractivity contribution in [3.8, 4) is 0 Å². The SMILES string of the molecule is Cc1ccc(Cn2c(C)c3cnn(CC(=O)NCCN4CCN(C)CC4)c(=O)c3c2C)cc1. The Bertz CT molecular complexity index is 1190. The van der Waals surface area contributed by atoms with Crippen LogP contribution in [0.3, 0.4) is 0 Å². The van der Waals surface area contributed by atoms with Gasteiger partial charge >= 0.3 is 0 Å². The zero-order valence-corrected chi connectivity index (χ0v) is 20.1. The second kappa shape index (κ2) is 9.89. The standard InChI is InChI=1S/C25H34N6O2/c1-18-5-7-21(8-6-18)16-30-19(2)22-15-27-31(25(33)24(22)20(30)3)17-23(32)26-9-10-29-13-11-28(4)12-14-29/h5-8,15H,9-14,16-17H2,1-4H3,(H,26,32). The van der Waals surface area contributed by atoms with E-state index in [1.807, 2.05) is 13.8 Å². The number of nitrogens with one attached hydrogen (secondary N) is 1. The monoisotopic (exact) mass is 450 g/mol. The van der Waals surface area contributed by atoms with E-state index in [0.717, 1.165) is 49.5 Å². The van der Waals surface area contributed by atoms with E-state index >= 15 is 0 Å². The summed E-state index contributed by atoms with van der Waals surface area (Å²) in [5, 5.41) is 8.72. The summed E-state index contributed by atoms with van der Waals surface area (Å²) in [4.78, 5) is 30.3. The highest BCUT2D eigenvalue weighted by molar-refractivity contribution is 5.87. The normalized spacial score (nSPS) is 15.3. The van der Waals surface area contributed by atoms with Crippen molar-refractivity contribution in [1.82, 2.24) is 29.5 Å². The smallest absolute Gasteiger partial charge is 0.276 e. The van der Waals surface area contributed by atoms with E-state index in [9.17, 15) is 9.59 Å². The third-order valence-corrected chi connectivity index (χ3v) is 6.71. The van der Waals surface area contributed by atoms with Gasteiger partial charge in [-0.15, -0.1) is 0 Å². The van der Waals surface area contributed by atoms with Crippen LogP contribution in [0.4, 0.5) is 0 Å². The van der Waals surface area contributed by atoms with Crippen LogP contribution in [0.25, 0.3) is 10.8 Å². The Morgan fingerprint density at radius 1 is 1.03 bits per heavy atom. The third kappa shape index (κ3) is 5.17. The summed E-state index contributed by atoms with van der Waals surface area (Å²) in [6, 6.07) is 8.42. The number of fused-ring (bicyclic) bond motifs is 1.